The standard InChI is InChI=1S/C11H12N2O2S2/c1-7-3-8(13(2)12-7)5-16-9-4-10(11(14)15)17-6-9/h3-4,6H,5H2,1-2H3,(H,14,15). The van der Waals surface area contributed by atoms with E-state index in [4.69, 9.17) is 5.11 Å². The molecule has 0 amide bonds. The fourth-order valence-electron chi connectivity index (χ4n) is 1.46. The molecule has 0 fully saturated rings. The van der Waals surface area contributed by atoms with Gasteiger partial charge in [0, 0.05) is 28.8 Å². The molecular formula is C11H12N2O2S2. The van der Waals surface area contributed by atoms with E-state index in [1.54, 1.807) is 17.8 Å². The summed E-state index contributed by atoms with van der Waals surface area (Å²) in [6.07, 6.45) is 0. The van der Waals surface area contributed by atoms with E-state index < -0.39 is 5.97 Å². The van der Waals surface area contributed by atoms with Gasteiger partial charge in [0.05, 0.1) is 5.69 Å². The first-order chi connectivity index (χ1) is 8.06. The minimum atomic E-state index is -0.863. The first-order valence-corrected chi connectivity index (χ1v) is 6.87. The number of aryl methyl sites for hydroxylation is 2. The first kappa shape index (κ1) is 12.2. The normalized spacial score (nSPS) is 10.7. The van der Waals surface area contributed by atoms with Gasteiger partial charge in [-0.15, -0.1) is 23.1 Å². The molecule has 0 atom stereocenters. The molecule has 0 saturated heterocycles. The Morgan fingerprint density at radius 2 is 2.35 bits per heavy atom. The number of aromatic nitrogens is 2. The molecule has 0 bridgehead atoms. The highest BCUT2D eigenvalue weighted by Gasteiger charge is 2.08. The van der Waals surface area contributed by atoms with E-state index in [9.17, 15) is 4.79 Å². The van der Waals surface area contributed by atoms with Crippen molar-refractivity contribution in [1.29, 1.82) is 0 Å². The summed E-state index contributed by atoms with van der Waals surface area (Å²) in [5.74, 6) is -0.0640. The lowest BCUT2D eigenvalue weighted by Crippen LogP contribution is -1.96. The molecule has 2 rings (SSSR count). The molecule has 0 radical (unpaired) electrons. The number of rotatable bonds is 4. The summed E-state index contributed by atoms with van der Waals surface area (Å²) in [4.78, 5) is 12.1. The minimum absolute atomic E-state index is 0.383. The fourth-order valence-corrected chi connectivity index (χ4v) is 3.35. The molecule has 6 heteroatoms. The summed E-state index contributed by atoms with van der Waals surface area (Å²) < 4.78 is 1.85. The molecule has 0 aliphatic carbocycles. The second kappa shape index (κ2) is 4.93. The topological polar surface area (TPSA) is 55.1 Å². The number of carboxylic acid groups (broad SMARTS) is 1. The molecule has 0 aliphatic heterocycles. The fraction of sp³-hybridized carbons (Fsp3) is 0.273. The van der Waals surface area contributed by atoms with Gasteiger partial charge in [-0.2, -0.15) is 5.10 Å². The van der Waals surface area contributed by atoms with Crippen LogP contribution in [0.15, 0.2) is 22.4 Å². The zero-order valence-corrected chi connectivity index (χ0v) is 11.1. The maximum absolute atomic E-state index is 10.7. The summed E-state index contributed by atoms with van der Waals surface area (Å²) in [6, 6.07) is 3.75. The van der Waals surface area contributed by atoms with Crippen molar-refractivity contribution in [3.63, 3.8) is 0 Å². The van der Waals surface area contributed by atoms with Crippen LogP contribution in [0, 0.1) is 6.92 Å². The molecule has 2 heterocycles. The van der Waals surface area contributed by atoms with Crippen LogP contribution in [-0.2, 0) is 12.8 Å². The third-order valence-corrected chi connectivity index (χ3v) is 4.35. The largest absolute Gasteiger partial charge is 0.477 e. The highest BCUT2D eigenvalue weighted by molar-refractivity contribution is 7.98. The molecule has 0 aliphatic rings. The second-order valence-corrected chi connectivity index (χ2v) is 5.60. The van der Waals surface area contributed by atoms with Crippen LogP contribution in [0.5, 0.6) is 0 Å². The van der Waals surface area contributed by atoms with Gasteiger partial charge in [0.25, 0.3) is 0 Å². The zero-order valence-electron chi connectivity index (χ0n) is 9.51. The van der Waals surface area contributed by atoms with Crippen LogP contribution in [-0.4, -0.2) is 20.9 Å². The van der Waals surface area contributed by atoms with E-state index in [1.165, 1.54) is 11.3 Å². The van der Waals surface area contributed by atoms with Gasteiger partial charge in [0.2, 0.25) is 0 Å². The summed E-state index contributed by atoms with van der Waals surface area (Å²) in [5, 5.41) is 15.0. The Labute approximate surface area is 107 Å². The predicted molar refractivity (Wildman–Crippen MR) is 68.8 cm³/mol. The van der Waals surface area contributed by atoms with Crippen LogP contribution in [0.1, 0.15) is 21.1 Å². The van der Waals surface area contributed by atoms with Crippen LogP contribution in [0.2, 0.25) is 0 Å². The van der Waals surface area contributed by atoms with E-state index in [0.717, 1.165) is 22.0 Å². The molecule has 0 spiro atoms. The van der Waals surface area contributed by atoms with Gasteiger partial charge < -0.3 is 5.11 Å². The minimum Gasteiger partial charge on any atom is -0.477 e. The lowest BCUT2D eigenvalue weighted by atomic mass is 10.4. The number of hydrogen-bond donors (Lipinski definition) is 1. The smallest absolute Gasteiger partial charge is 0.345 e. The molecule has 90 valence electrons. The summed E-state index contributed by atoms with van der Waals surface area (Å²) in [6.45, 7) is 1.96. The van der Waals surface area contributed by atoms with Crippen molar-refractivity contribution in [2.24, 2.45) is 7.05 Å². The second-order valence-electron chi connectivity index (χ2n) is 3.64. The number of hydrogen-bond acceptors (Lipinski definition) is 4. The van der Waals surface area contributed by atoms with Crippen molar-refractivity contribution in [2.75, 3.05) is 0 Å². The maximum Gasteiger partial charge on any atom is 0.345 e. The third kappa shape index (κ3) is 2.89. The molecule has 1 N–H and O–H groups in total. The van der Waals surface area contributed by atoms with Crippen molar-refractivity contribution >= 4 is 29.1 Å². The zero-order chi connectivity index (χ0) is 12.4. The van der Waals surface area contributed by atoms with Gasteiger partial charge in [-0.25, -0.2) is 4.79 Å². The SMILES string of the molecule is Cc1cc(CSc2csc(C(=O)O)c2)n(C)n1. The van der Waals surface area contributed by atoms with Crippen molar-refractivity contribution in [3.05, 3.63) is 33.8 Å². The Hall–Kier alpha value is -1.27. The van der Waals surface area contributed by atoms with Crippen LogP contribution < -0.4 is 0 Å². The monoisotopic (exact) mass is 268 g/mol. The predicted octanol–water partition coefficient (Wildman–Crippen LogP) is 2.78. The Bertz CT molecular complexity index is 545. The van der Waals surface area contributed by atoms with Crippen LogP contribution in [0.25, 0.3) is 0 Å². The quantitative estimate of drug-likeness (QED) is 0.866. The van der Waals surface area contributed by atoms with E-state index in [-0.39, 0.29) is 0 Å². The average molecular weight is 268 g/mol. The summed E-state index contributed by atoms with van der Waals surface area (Å²) in [5.41, 5.74) is 2.13. The highest BCUT2D eigenvalue weighted by atomic mass is 32.2. The number of aromatic carboxylic acids is 1. The average Bonchev–Trinajstić information content (AvgIpc) is 2.82. The van der Waals surface area contributed by atoms with Crippen molar-refractivity contribution in [2.45, 2.75) is 17.6 Å². The Balaban J connectivity index is 2.02. The summed E-state index contributed by atoms with van der Waals surface area (Å²) in [7, 11) is 1.92. The van der Waals surface area contributed by atoms with Crippen LogP contribution in [0.4, 0.5) is 0 Å². The lowest BCUT2D eigenvalue weighted by molar-refractivity contribution is 0.0702. The Kier molecular flexibility index (Phi) is 3.54. The Morgan fingerprint density at radius 3 is 2.88 bits per heavy atom. The van der Waals surface area contributed by atoms with E-state index in [2.05, 4.69) is 5.10 Å². The lowest BCUT2D eigenvalue weighted by Gasteiger charge is -1.99. The molecular weight excluding hydrogens is 256 g/mol. The molecule has 2 aromatic heterocycles. The van der Waals surface area contributed by atoms with Gasteiger partial charge in [0.1, 0.15) is 4.88 Å². The van der Waals surface area contributed by atoms with Crippen molar-refractivity contribution in [1.82, 2.24) is 9.78 Å². The number of carbonyl (C=O) groups is 1. The van der Waals surface area contributed by atoms with E-state index in [0.29, 0.717) is 4.88 Å². The van der Waals surface area contributed by atoms with E-state index >= 15 is 0 Å². The van der Waals surface area contributed by atoms with Crippen molar-refractivity contribution < 1.29 is 9.90 Å². The summed E-state index contributed by atoms with van der Waals surface area (Å²) >= 11 is 2.88. The van der Waals surface area contributed by atoms with Gasteiger partial charge in [-0.1, -0.05) is 0 Å². The molecule has 17 heavy (non-hydrogen) atoms. The number of carboxylic acids is 1. The van der Waals surface area contributed by atoms with Crippen LogP contribution >= 0.6 is 23.1 Å². The van der Waals surface area contributed by atoms with Gasteiger partial charge >= 0.3 is 5.97 Å². The number of nitrogens with zero attached hydrogens (tertiary/aromatic N) is 2. The molecule has 4 nitrogen and oxygen atoms in total. The molecule has 0 saturated carbocycles. The molecule has 0 aromatic carbocycles. The molecule has 0 unspecified atom stereocenters. The van der Waals surface area contributed by atoms with E-state index in [1.807, 2.05) is 30.1 Å². The van der Waals surface area contributed by atoms with Gasteiger partial charge in [-0.3, -0.25) is 4.68 Å². The Morgan fingerprint density at radius 1 is 1.59 bits per heavy atom. The molecule has 2 aromatic rings. The van der Waals surface area contributed by atoms with Crippen LogP contribution in [0.3, 0.4) is 0 Å². The maximum atomic E-state index is 10.7. The van der Waals surface area contributed by atoms with Gasteiger partial charge in [0.15, 0.2) is 0 Å². The number of thioether (sulfide) groups is 1. The third-order valence-electron chi connectivity index (χ3n) is 2.27. The van der Waals surface area contributed by atoms with Crippen molar-refractivity contribution in [3.8, 4) is 0 Å². The number of thiophene rings is 1. The highest BCUT2D eigenvalue weighted by Crippen LogP contribution is 2.27. The first-order valence-electron chi connectivity index (χ1n) is 5.00. The van der Waals surface area contributed by atoms with Gasteiger partial charge in [-0.05, 0) is 19.1 Å².